The minimum atomic E-state index is 0.734. The van der Waals surface area contributed by atoms with Gasteiger partial charge in [0.2, 0.25) is 0 Å². The van der Waals surface area contributed by atoms with Gasteiger partial charge in [0.25, 0.3) is 0 Å². The first-order valence-corrected chi connectivity index (χ1v) is 5.22. The molecule has 17 heavy (non-hydrogen) atoms. The molecule has 0 saturated heterocycles. The van der Waals surface area contributed by atoms with E-state index in [1.165, 1.54) is 0 Å². The van der Waals surface area contributed by atoms with Gasteiger partial charge in [-0.05, 0) is 12.1 Å². The SMILES string of the molecule is COc1cccc(-c2noc3ccncc23)c1. The summed E-state index contributed by atoms with van der Waals surface area (Å²) in [6.07, 6.45) is 3.43. The van der Waals surface area contributed by atoms with Gasteiger partial charge in [0, 0.05) is 24.0 Å². The Morgan fingerprint density at radius 2 is 2.18 bits per heavy atom. The van der Waals surface area contributed by atoms with E-state index in [0.29, 0.717) is 0 Å². The number of benzene rings is 1. The fourth-order valence-corrected chi connectivity index (χ4v) is 1.76. The van der Waals surface area contributed by atoms with Crippen molar-refractivity contribution in [3.8, 4) is 17.0 Å². The number of hydrogen-bond acceptors (Lipinski definition) is 4. The van der Waals surface area contributed by atoms with Crippen LogP contribution in [0.2, 0.25) is 0 Å². The third-order valence-corrected chi connectivity index (χ3v) is 2.61. The number of nitrogens with zero attached hydrogens (tertiary/aromatic N) is 2. The van der Waals surface area contributed by atoms with E-state index in [-0.39, 0.29) is 0 Å². The maximum absolute atomic E-state index is 5.25. The maximum Gasteiger partial charge on any atom is 0.170 e. The van der Waals surface area contributed by atoms with Gasteiger partial charge in [-0.25, -0.2) is 0 Å². The van der Waals surface area contributed by atoms with E-state index in [1.807, 2.05) is 24.3 Å². The fraction of sp³-hybridized carbons (Fsp3) is 0.0769. The third kappa shape index (κ3) is 1.63. The summed E-state index contributed by atoms with van der Waals surface area (Å²) in [7, 11) is 1.64. The van der Waals surface area contributed by atoms with Crippen LogP contribution in [-0.2, 0) is 0 Å². The molecule has 4 heteroatoms. The van der Waals surface area contributed by atoms with Gasteiger partial charge in [-0.2, -0.15) is 0 Å². The Balaban J connectivity index is 2.20. The zero-order chi connectivity index (χ0) is 11.7. The lowest BCUT2D eigenvalue weighted by Crippen LogP contribution is -1.84. The smallest absolute Gasteiger partial charge is 0.170 e. The predicted octanol–water partition coefficient (Wildman–Crippen LogP) is 2.90. The summed E-state index contributed by atoms with van der Waals surface area (Å²) < 4.78 is 10.4. The minimum absolute atomic E-state index is 0.734. The van der Waals surface area contributed by atoms with E-state index in [4.69, 9.17) is 9.26 Å². The molecule has 3 rings (SSSR count). The summed E-state index contributed by atoms with van der Waals surface area (Å²) in [5, 5.41) is 4.97. The largest absolute Gasteiger partial charge is 0.497 e. The Labute approximate surface area is 97.8 Å². The fourth-order valence-electron chi connectivity index (χ4n) is 1.76. The number of ether oxygens (including phenoxy) is 1. The molecule has 2 heterocycles. The standard InChI is InChI=1S/C13H10N2O2/c1-16-10-4-2-3-9(7-10)13-11-8-14-6-5-12(11)17-15-13/h2-8H,1H3. The molecule has 0 spiro atoms. The van der Waals surface area contributed by atoms with E-state index in [9.17, 15) is 0 Å². The minimum Gasteiger partial charge on any atom is -0.497 e. The lowest BCUT2D eigenvalue weighted by Gasteiger charge is -2.01. The van der Waals surface area contributed by atoms with E-state index < -0.39 is 0 Å². The first kappa shape index (κ1) is 9.84. The van der Waals surface area contributed by atoms with Gasteiger partial charge in [-0.1, -0.05) is 17.3 Å². The summed E-state index contributed by atoms with van der Waals surface area (Å²) in [5.74, 6) is 0.794. The van der Waals surface area contributed by atoms with Crippen molar-refractivity contribution >= 4 is 11.0 Å². The number of methoxy groups -OCH3 is 1. The molecule has 0 unspecified atom stereocenters. The van der Waals surface area contributed by atoms with Gasteiger partial charge in [-0.15, -0.1) is 0 Å². The molecule has 0 aliphatic rings. The lowest BCUT2D eigenvalue weighted by atomic mass is 10.1. The Bertz CT molecular complexity index is 661. The second kappa shape index (κ2) is 3.90. The first-order chi connectivity index (χ1) is 8.38. The van der Waals surface area contributed by atoms with Crippen LogP contribution in [0, 0.1) is 0 Å². The van der Waals surface area contributed by atoms with Crippen LogP contribution in [0.5, 0.6) is 5.75 Å². The van der Waals surface area contributed by atoms with Crippen molar-refractivity contribution in [2.75, 3.05) is 7.11 Å². The number of fused-ring (bicyclic) bond motifs is 1. The summed E-state index contributed by atoms with van der Waals surface area (Å²) in [6.45, 7) is 0. The van der Waals surface area contributed by atoms with E-state index in [1.54, 1.807) is 25.6 Å². The van der Waals surface area contributed by atoms with Gasteiger partial charge in [-0.3, -0.25) is 4.98 Å². The highest BCUT2D eigenvalue weighted by Crippen LogP contribution is 2.29. The van der Waals surface area contributed by atoms with E-state index >= 15 is 0 Å². The van der Waals surface area contributed by atoms with Crippen LogP contribution in [0.3, 0.4) is 0 Å². The molecule has 2 aromatic heterocycles. The first-order valence-electron chi connectivity index (χ1n) is 5.22. The highest BCUT2D eigenvalue weighted by atomic mass is 16.5. The summed E-state index contributed by atoms with van der Waals surface area (Å²) in [6, 6.07) is 9.50. The van der Waals surface area contributed by atoms with Crippen LogP contribution in [-0.4, -0.2) is 17.3 Å². The summed E-state index contributed by atoms with van der Waals surface area (Å²) in [4.78, 5) is 4.08. The molecule has 0 aliphatic heterocycles. The maximum atomic E-state index is 5.25. The number of pyridine rings is 1. The molecule has 1 aromatic carbocycles. The average Bonchev–Trinajstić information content (AvgIpc) is 2.82. The molecule has 0 saturated carbocycles. The van der Waals surface area contributed by atoms with Crippen LogP contribution in [0.4, 0.5) is 0 Å². The van der Waals surface area contributed by atoms with Crippen molar-refractivity contribution in [1.29, 1.82) is 0 Å². The van der Waals surface area contributed by atoms with Gasteiger partial charge in [0.1, 0.15) is 11.4 Å². The van der Waals surface area contributed by atoms with Crippen molar-refractivity contribution in [3.63, 3.8) is 0 Å². The number of aromatic nitrogens is 2. The van der Waals surface area contributed by atoms with Gasteiger partial charge in [0.15, 0.2) is 5.58 Å². The molecule has 0 aliphatic carbocycles. The molecular weight excluding hydrogens is 216 g/mol. The van der Waals surface area contributed by atoms with Crippen molar-refractivity contribution in [2.45, 2.75) is 0 Å². The Morgan fingerprint density at radius 3 is 3.06 bits per heavy atom. The molecule has 3 aromatic rings. The zero-order valence-electron chi connectivity index (χ0n) is 9.25. The zero-order valence-corrected chi connectivity index (χ0v) is 9.25. The van der Waals surface area contributed by atoms with Gasteiger partial charge >= 0.3 is 0 Å². The molecule has 0 bridgehead atoms. The number of hydrogen-bond donors (Lipinski definition) is 0. The third-order valence-electron chi connectivity index (χ3n) is 2.61. The molecule has 0 radical (unpaired) electrons. The highest BCUT2D eigenvalue weighted by Gasteiger charge is 2.10. The molecule has 4 nitrogen and oxygen atoms in total. The van der Waals surface area contributed by atoms with Gasteiger partial charge in [0.05, 0.1) is 12.5 Å². The van der Waals surface area contributed by atoms with Crippen molar-refractivity contribution < 1.29 is 9.26 Å². The highest BCUT2D eigenvalue weighted by molar-refractivity contribution is 5.90. The Hall–Kier alpha value is -2.36. The number of rotatable bonds is 2. The lowest BCUT2D eigenvalue weighted by molar-refractivity contribution is 0.415. The monoisotopic (exact) mass is 226 g/mol. The van der Waals surface area contributed by atoms with Crippen LogP contribution in [0.15, 0.2) is 47.2 Å². The quantitative estimate of drug-likeness (QED) is 0.674. The molecule has 0 N–H and O–H groups in total. The van der Waals surface area contributed by atoms with E-state index in [0.717, 1.165) is 28.0 Å². The average molecular weight is 226 g/mol. The van der Waals surface area contributed by atoms with E-state index in [2.05, 4.69) is 10.1 Å². The van der Waals surface area contributed by atoms with Gasteiger partial charge < -0.3 is 9.26 Å². The predicted molar refractivity (Wildman–Crippen MR) is 63.8 cm³/mol. The summed E-state index contributed by atoms with van der Waals surface area (Å²) >= 11 is 0. The molecule has 84 valence electrons. The van der Waals surface area contributed by atoms with Crippen LogP contribution < -0.4 is 4.74 Å². The molecule has 0 amide bonds. The van der Waals surface area contributed by atoms with Crippen molar-refractivity contribution in [3.05, 3.63) is 42.7 Å². The Kier molecular flexibility index (Phi) is 2.26. The Morgan fingerprint density at radius 1 is 1.24 bits per heavy atom. The molecule has 0 fully saturated rings. The van der Waals surface area contributed by atoms with Crippen molar-refractivity contribution in [1.82, 2.24) is 10.1 Å². The van der Waals surface area contributed by atoms with Crippen molar-refractivity contribution in [2.24, 2.45) is 0 Å². The second-order valence-electron chi connectivity index (χ2n) is 3.63. The summed E-state index contributed by atoms with van der Waals surface area (Å²) in [5.41, 5.74) is 2.47. The molecular formula is C13H10N2O2. The van der Waals surface area contributed by atoms with Crippen LogP contribution in [0.25, 0.3) is 22.2 Å². The normalized spacial score (nSPS) is 10.6. The topological polar surface area (TPSA) is 48.2 Å². The second-order valence-corrected chi connectivity index (χ2v) is 3.63. The van der Waals surface area contributed by atoms with Crippen LogP contribution in [0.1, 0.15) is 0 Å². The van der Waals surface area contributed by atoms with Crippen LogP contribution >= 0.6 is 0 Å². The molecule has 0 atom stereocenters.